The van der Waals surface area contributed by atoms with Crippen molar-refractivity contribution in [3.8, 4) is 6.07 Å². The Bertz CT molecular complexity index is 374. The predicted octanol–water partition coefficient (Wildman–Crippen LogP) is 1.92. The van der Waals surface area contributed by atoms with E-state index in [1.165, 1.54) is 10.4 Å². The first-order valence-electron chi connectivity index (χ1n) is 5.68. The van der Waals surface area contributed by atoms with Gasteiger partial charge in [0.2, 0.25) is 0 Å². The van der Waals surface area contributed by atoms with E-state index in [-0.39, 0.29) is 0 Å². The maximum absolute atomic E-state index is 8.97. The molecule has 4 heteroatoms. The first-order valence-corrected chi connectivity index (χ1v) is 6.56. The van der Waals surface area contributed by atoms with Gasteiger partial charge in [-0.05, 0) is 23.9 Å². The summed E-state index contributed by atoms with van der Waals surface area (Å²) in [5.41, 5.74) is 1.32. The molecule has 0 amide bonds. The summed E-state index contributed by atoms with van der Waals surface area (Å²) in [7, 11) is 0. The molecule has 86 valence electrons. The van der Waals surface area contributed by atoms with Crippen LogP contribution in [-0.2, 0) is 0 Å². The lowest BCUT2D eigenvalue weighted by Gasteiger charge is -2.33. The highest BCUT2D eigenvalue weighted by Gasteiger charge is 2.23. The summed E-state index contributed by atoms with van der Waals surface area (Å²) in [6.07, 6.45) is 0.599. The minimum Gasteiger partial charge on any atom is -0.314 e. The second-order valence-electron chi connectivity index (χ2n) is 4.13. The third-order valence-electron chi connectivity index (χ3n) is 3.08. The molecule has 16 heavy (non-hydrogen) atoms. The number of hydrogen-bond acceptors (Lipinski definition) is 4. The second kappa shape index (κ2) is 5.44. The summed E-state index contributed by atoms with van der Waals surface area (Å²) in [4.78, 5) is 3.79. The van der Waals surface area contributed by atoms with Crippen LogP contribution in [0.2, 0.25) is 0 Å². The highest BCUT2D eigenvalue weighted by Crippen LogP contribution is 2.31. The van der Waals surface area contributed by atoms with Gasteiger partial charge in [0, 0.05) is 31.1 Å². The summed E-state index contributed by atoms with van der Waals surface area (Å²) in [6.45, 7) is 6.30. The SMILES string of the molecule is Cc1ccsc1[C@H](CC#N)N1CCNCC1. The van der Waals surface area contributed by atoms with E-state index in [1.807, 2.05) is 0 Å². The van der Waals surface area contributed by atoms with Gasteiger partial charge in [0.25, 0.3) is 0 Å². The van der Waals surface area contributed by atoms with E-state index in [2.05, 4.69) is 34.7 Å². The van der Waals surface area contributed by atoms with E-state index in [0.717, 1.165) is 26.2 Å². The highest BCUT2D eigenvalue weighted by molar-refractivity contribution is 7.10. The van der Waals surface area contributed by atoms with Crippen LogP contribution in [0.1, 0.15) is 22.9 Å². The van der Waals surface area contributed by atoms with Gasteiger partial charge in [0.15, 0.2) is 0 Å². The Kier molecular flexibility index (Phi) is 3.94. The van der Waals surface area contributed by atoms with Crippen LogP contribution in [-0.4, -0.2) is 31.1 Å². The van der Waals surface area contributed by atoms with E-state index in [1.54, 1.807) is 11.3 Å². The van der Waals surface area contributed by atoms with Gasteiger partial charge in [0.1, 0.15) is 0 Å². The molecule has 1 aliphatic heterocycles. The number of aryl methyl sites for hydroxylation is 1. The van der Waals surface area contributed by atoms with Crippen molar-refractivity contribution >= 4 is 11.3 Å². The fourth-order valence-corrected chi connectivity index (χ4v) is 3.26. The Morgan fingerprint density at radius 3 is 2.88 bits per heavy atom. The predicted molar refractivity (Wildman–Crippen MR) is 66.5 cm³/mol. The first kappa shape index (κ1) is 11.6. The summed E-state index contributed by atoms with van der Waals surface area (Å²) in [6, 6.07) is 4.77. The number of rotatable bonds is 3. The molecular formula is C12H17N3S. The molecule has 0 saturated carbocycles. The summed E-state index contributed by atoms with van der Waals surface area (Å²) >= 11 is 1.78. The van der Waals surface area contributed by atoms with Crippen LogP contribution in [0.3, 0.4) is 0 Å². The average Bonchev–Trinajstić information content (AvgIpc) is 2.73. The highest BCUT2D eigenvalue weighted by atomic mass is 32.1. The molecule has 0 radical (unpaired) electrons. The third-order valence-corrected chi connectivity index (χ3v) is 4.20. The topological polar surface area (TPSA) is 39.1 Å². The van der Waals surface area contributed by atoms with Crippen molar-refractivity contribution < 1.29 is 0 Å². The standard InChI is InChI=1S/C12H17N3S/c1-10-3-9-16-12(10)11(2-4-13)15-7-5-14-6-8-15/h3,9,11,14H,2,5-8H2,1H3/t11-/m0/s1. The van der Waals surface area contributed by atoms with Crippen LogP contribution in [0.5, 0.6) is 0 Å². The summed E-state index contributed by atoms with van der Waals surface area (Å²) < 4.78 is 0. The van der Waals surface area contributed by atoms with Crippen molar-refractivity contribution in [1.29, 1.82) is 5.26 Å². The Hall–Kier alpha value is -0.890. The van der Waals surface area contributed by atoms with Crippen molar-refractivity contribution in [2.45, 2.75) is 19.4 Å². The molecule has 2 heterocycles. The lowest BCUT2D eigenvalue weighted by Crippen LogP contribution is -2.45. The van der Waals surface area contributed by atoms with Crippen LogP contribution in [0.25, 0.3) is 0 Å². The van der Waals surface area contributed by atoms with Crippen molar-refractivity contribution in [1.82, 2.24) is 10.2 Å². The Morgan fingerprint density at radius 2 is 2.31 bits per heavy atom. The number of nitriles is 1. The minimum absolute atomic E-state index is 0.298. The molecule has 2 rings (SSSR count). The Labute approximate surface area is 101 Å². The van der Waals surface area contributed by atoms with Gasteiger partial charge in [-0.3, -0.25) is 4.90 Å². The normalized spacial score (nSPS) is 19.2. The third kappa shape index (κ3) is 2.43. The van der Waals surface area contributed by atoms with E-state index >= 15 is 0 Å². The van der Waals surface area contributed by atoms with Crippen LogP contribution < -0.4 is 5.32 Å². The molecule has 3 nitrogen and oxygen atoms in total. The number of nitrogens with zero attached hydrogens (tertiary/aromatic N) is 2. The molecular weight excluding hydrogens is 218 g/mol. The van der Waals surface area contributed by atoms with E-state index in [9.17, 15) is 0 Å². The molecule has 0 aliphatic carbocycles. The van der Waals surface area contributed by atoms with Crippen molar-refractivity contribution in [2.75, 3.05) is 26.2 Å². The Morgan fingerprint density at radius 1 is 1.56 bits per heavy atom. The maximum Gasteiger partial charge on any atom is 0.0642 e. The van der Waals surface area contributed by atoms with Crippen LogP contribution in [0.4, 0.5) is 0 Å². The van der Waals surface area contributed by atoms with Gasteiger partial charge < -0.3 is 5.32 Å². The molecule has 0 unspecified atom stereocenters. The van der Waals surface area contributed by atoms with Gasteiger partial charge in [-0.2, -0.15) is 5.26 Å². The van der Waals surface area contributed by atoms with Crippen LogP contribution in [0.15, 0.2) is 11.4 Å². The molecule has 1 atom stereocenters. The number of piperazine rings is 1. The lowest BCUT2D eigenvalue weighted by molar-refractivity contribution is 0.177. The van der Waals surface area contributed by atoms with Crippen molar-refractivity contribution in [3.05, 3.63) is 21.9 Å². The monoisotopic (exact) mass is 235 g/mol. The van der Waals surface area contributed by atoms with E-state index in [4.69, 9.17) is 5.26 Å². The van der Waals surface area contributed by atoms with Gasteiger partial charge in [-0.1, -0.05) is 0 Å². The van der Waals surface area contributed by atoms with Gasteiger partial charge in [-0.15, -0.1) is 11.3 Å². The lowest BCUT2D eigenvalue weighted by atomic mass is 10.1. The second-order valence-corrected chi connectivity index (χ2v) is 5.08. The van der Waals surface area contributed by atoms with Gasteiger partial charge >= 0.3 is 0 Å². The number of hydrogen-bond donors (Lipinski definition) is 1. The van der Waals surface area contributed by atoms with Crippen molar-refractivity contribution in [2.24, 2.45) is 0 Å². The molecule has 1 aromatic rings. The van der Waals surface area contributed by atoms with Gasteiger partial charge in [-0.25, -0.2) is 0 Å². The molecule has 0 spiro atoms. The molecule has 1 aromatic heterocycles. The minimum atomic E-state index is 0.298. The smallest absolute Gasteiger partial charge is 0.0642 e. The van der Waals surface area contributed by atoms with Crippen LogP contribution in [0, 0.1) is 18.3 Å². The fourth-order valence-electron chi connectivity index (χ4n) is 2.19. The zero-order valence-electron chi connectivity index (χ0n) is 9.57. The molecule has 1 saturated heterocycles. The van der Waals surface area contributed by atoms with Crippen LogP contribution >= 0.6 is 11.3 Å². The zero-order chi connectivity index (χ0) is 11.4. The number of nitrogens with one attached hydrogen (secondary N) is 1. The van der Waals surface area contributed by atoms with Crippen molar-refractivity contribution in [3.63, 3.8) is 0 Å². The fraction of sp³-hybridized carbons (Fsp3) is 0.583. The maximum atomic E-state index is 8.97. The number of thiophene rings is 1. The largest absolute Gasteiger partial charge is 0.314 e. The molecule has 1 fully saturated rings. The first-order chi connectivity index (χ1) is 7.83. The summed E-state index contributed by atoms with van der Waals surface area (Å²) in [5, 5.41) is 14.4. The quantitative estimate of drug-likeness (QED) is 0.870. The molecule has 0 aromatic carbocycles. The average molecular weight is 235 g/mol. The molecule has 1 N–H and O–H groups in total. The van der Waals surface area contributed by atoms with Gasteiger partial charge in [0.05, 0.1) is 18.5 Å². The van der Waals surface area contributed by atoms with E-state index < -0.39 is 0 Å². The Balaban J connectivity index is 2.16. The molecule has 0 bridgehead atoms. The zero-order valence-corrected chi connectivity index (χ0v) is 10.4. The summed E-state index contributed by atoms with van der Waals surface area (Å²) in [5.74, 6) is 0. The molecule has 1 aliphatic rings. The van der Waals surface area contributed by atoms with E-state index in [0.29, 0.717) is 12.5 Å².